The van der Waals surface area contributed by atoms with Crippen LogP contribution in [0.1, 0.15) is 5.69 Å². The fourth-order valence-electron chi connectivity index (χ4n) is 1.71. The second-order valence-electron chi connectivity index (χ2n) is 4.57. The van der Waals surface area contributed by atoms with Gasteiger partial charge in [-0.15, -0.1) is 11.6 Å². The number of hydrogen-bond donors (Lipinski definition) is 2. The molecule has 1 heterocycles. The summed E-state index contributed by atoms with van der Waals surface area (Å²) < 4.78 is 21.0. The van der Waals surface area contributed by atoms with E-state index < -0.39 is 11.9 Å². The Morgan fingerprint density at radius 1 is 1.48 bits per heavy atom. The van der Waals surface area contributed by atoms with Crippen molar-refractivity contribution in [3.05, 3.63) is 42.0 Å². The smallest absolute Gasteiger partial charge is 0.167 e. The minimum atomic E-state index is -0.671. The third-order valence-electron chi connectivity index (χ3n) is 2.95. The molecule has 1 aromatic carbocycles. The van der Waals surface area contributed by atoms with Crippen molar-refractivity contribution in [3.63, 3.8) is 0 Å². The van der Waals surface area contributed by atoms with E-state index in [4.69, 9.17) is 16.3 Å². The number of aromatic nitrogens is 2. The van der Waals surface area contributed by atoms with E-state index >= 15 is 0 Å². The van der Waals surface area contributed by atoms with Crippen molar-refractivity contribution in [1.82, 2.24) is 9.78 Å². The van der Waals surface area contributed by atoms with Crippen LogP contribution in [-0.4, -0.2) is 33.4 Å². The van der Waals surface area contributed by atoms with Gasteiger partial charge in [-0.3, -0.25) is 4.68 Å². The highest BCUT2D eigenvalue weighted by atomic mass is 35.5. The van der Waals surface area contributed by atoms with Gasteiger partial charge in [-0.1, -0.05) is 0 Å². The molecule has 0 spiro atoms. The maximum absolute atomic E-state index is 13.9. The molecule has 0 aliphatic carbocycles. The van der Waals surface area contributed by atoms with Gasteiger partial charge in [0.2, 0.25) is 0 Å². The predicted octanol–water partition coefficient (Wildman–Crippen LogP) is 2.15. The normalized spacial score (nSPS) is 12.2. The number of hydrogen-bond acceptors (Lipinski definition) is 4. The molecule has 7 heteroatoms. The molecule has 0 amide bonds. The van der Waals surface area contributed by atoms with E-state index in [1.165, 1.54) is 6.07 Å². The first-order valence-corrected chi connectivity index (χ1v) is 7.00. The number of halogens is 2. The Bertz CT molecular complexity index is 591. The highest BCUT2D eigenvalue weighted by Gasteiger charge is 2.08. The first-order chi connectivity index (χ1) is 10.1. The van der Waals surface area contributed by atoms with Crippen LogP contribution in [0.4, 0.5) is 10.1 Å². The standard InChI is InChI=1S/C14H17ClFN3O2/c1-19-11(4-5-18-19)9-21-14-3-2-10(6-13(14)16)17-8-12(20)7-15/h2-6,12,17,20H,7-9H2,1H3. The van der Waals surface area contributed by atoms with Gasteiger partial charge in [-0.25, -0.2) is 4.39 Å². The van der Waals surface area contributed by atoms with Crippen LogP contribution in [0, 0.1) is 5.82 Å². The first-order valence-electron chi connectivity index (χ1n) is 6.47. The van der Waals surface area contributed by atoms with Gasteiger partial charge in [0, 0.05) is 31.5 Å². The van der Waals surface area contributed by atoms with E-state index in [1.54, 1.807) is 36.1 Å². The third kappa shape index (κ3) is 4.34. The molecule has 0 aliphatic heterocycles. The molecule has 1 atom stereocenters. The van der Waals surface area contributed by atoms with Crippen molar-refractivity contribution >= 4 is 17.3 Å². The van der Waals surface area contributed by atoms with Gasteiger partial charge < -0.3 is 15.2 Å². The van der Waals surface area contributed by atoms with E-state index in [1.807, 2.05) is 0 Å². The number of benzene rings is 1. The average molecular weight is 314 g/mol. The Morgan fingerprint density at radius 3 is 2.90 bits per heavy atom. The van der Waals surface area contributed by atoms with Crippen LogP contribution in [-0.2, 0) is 13.7 Å². The van der Waals surface area contributed by atoms with Crippen LogP contribution in [0.25, 0.3) is 0 Å². The molecule has 0 fully saturated rings. The molecule has 1 aromatic heterocycles. The zero-order valence-corrected chi connectivity index (χ0v) is 12.3. The maximum atomic E-state index is 13.9. The summed E-state index contributed by atoms with van der Waals surface area (Å²) in [7, 11) is 1.80. The molecule has 0 radical (unpaired) electrons. The topological polar surface area (TPSA) is 59.3 Å². The van der Waals surface area contributed by atoms with Gasteiger partial charge in [-0.2, -0.15) is 5.10 Å². The molecule has 1 unspecified atom stereocenters. The van der Waals surface area contributed by atoms with Gasteiger partial charge in [0.05, 0.1) is 17.7 Å². The summed E-state index contributed by atoms with van der Waals surface area (Å²) >= 11 is 5.49. The number of nitrogens with zero attached hydrogens (tertiary/aromatic N) is 2. The largest absolute Gasteiger partial charge is 0.484 e. The molecule has 0 aliphatic rings. The number of aliphatic hydroxyl groups is 1. The lowest BCUT2D eigenvalue weighted by atomic mass is 10.2. The van der Waals surface area contributed by atoms with E-state index in [9.17, 15) is 9.50 Å². The van der Waals surface area contributed by atoms with Crippen LogP contribution in [0.2, 0.25) is 0 Å². The monoisotopic (exact) mass is 313 g/mol. The quantitative estimate of drug-likeness (QED) is 0.769. The number of alkyl halides is 1. The summed E-state index contributed by atoms with van der Waals surface area (Å²) in [5.74, 6) is -0.177. The number of ether oxygens (including phenoxy) is 1. The highest BCUT2D eigenvalue weighted by molar-refractivity contribution is 6.18. The van der Waals surface area contributed by atoms with E-state index in [0.29, 0.717) is 5.69 Å². The third-order valence-corrected chi connectivity index (χ3v) is 3.31. The van der Waals surface area contributed by atoms with Crippen molar-refractivity contribution in [2.24, 2.45) is 7.05 Å². The van der Waals surface area contributed by atoms with Crippen molar-refractivity contribution < 1.29 is 14.2 Å². The van der Waals surface area contributed by atoms with Crippen LogP contribution < -0.4 is 10.1 Å². The molecule has 0 saturated heterocycles. The van der Waals surface area contributed by atoms with Gasteiger partial charge in [0.25, 0.3) is 0 Å². The van der Waals surface area contributed by atoms with Crippen LogP contribution >= 0.6 is 11.6 Å². The van der Waals surface area contributed by atoms with Crippen molar-refractivity contribution in [1.29, 1.82) is 0 Å². The summed E-state index contributed by atoms with van der Waals surface area (Å²) in [5.41, 5.74) is 1.41. The average Bonchev–Trinajstić information content (AvgIpc) is 2.89. The maximum Gasteiger partial charge on any atom is 0.167 e. The fraction of sp³-hybridized carbons (Fsp3) is 0.357. The molecule has 114 valence electrons. The molecule has 2 N–H and O–H groups in total. The Labute approximate surface area is 127 Å². The number of aryl methyl sites for hydroxylation is 1. The Morgan fingerprint density at radius 2 is 2.29 bits per heavy atom. The van der Waals surface area contributed by atoms with Crippen molar-refractivity contribution in [2.45, 2.75) is 12.7 Å². The van der Waals surface area contributed by atoms with Crippen molar-refractivity contribution in [3.8, 4) is 5.75 Å². The molecule has 2 rings (SSSR count). The molecule has 0 saturated carbocycles. The molecular weight excluding hydrogens is 297 g/mol. The zero-order chi connectivity index (χ0) is 15.2. The number of nitrogens with one attached hydrogen (secondary N) is 1. The molecule has 2 aromatic rings. The summed E-state index contributed by atoms with van der Waals surface area (Å²) in [6.45, 7) is 0.503. The van der Waals surface area contributed by atoms with Crippen molar-refractivity contribution in [2.75, 3.05) is 17.7 Å². The van der Waals surface area contributed by atoms with Gasteiger partial charge in [-0.05, 0) is 18.2 Å². The highest BCUT2D eigenvalue weighted by Crippen LogP contribution is 2.22. The lowest BCUT2D eigenvalue weighted by molar-refractivity contribution is 0.211. The lowest BCUT2D eigenvalue weighted by Crippen LogP contribution is -2.20. The number of rotatable bonds is 7. The van der Waals surface area contributed by atoms with Crippen LogP contribution in [0.15, 0.2) is 30.5 Å². The van der Waals surface area contributed by atoms with Gasteiger partial charge in [0.1, 0.15) is 6.61 Å². The van der Waals surface area contributed by atoms with Crippen LogP contribution in [0.3, 0.4) is 0 Å². The second kappa shape index (κ2) is 7.28. The van der Waals surface area contributed by atoms with E-state index in [0.717, 1.165) is 5.69 Å². The Balaban J connectivity index is 1.94. The summed E-state index contributed by atoms with van der Waals surface area (Å²) in [5, 5.41) is 16.2. The predicted molar refractivity (Wildman–Crippen MR) is 79.2 cm³/mol. The summed E-state index contributed by atoms with van der Waals surface area (Å²) in [6.07, 6.45) is 0.986. The molecule has 0 bridgehead atoms. The first kappa shape index (κ1) is 15.6. The number of anilines is 1. The lowest BCUT2D eigenvalue weighted by Gasteiger charge is -2.12. The Hall–Kier alpha value is -1.79. The second-order valence-corrected chi connectivity index (χ2v) is 4.88. The Kier molecular flexibility index (Phi) is 5.41. The molecule has 21 heavy (non-hydrogen) atoms. The molecule has 5 nitrogen and oxygen atoms in total. The fourth-order valence-corrected chi connectivity index (χ4v) is 1.82. The summed E-state index contributed by atoms with van der Waals surface area (Å²) in [6, 6.07) is 6.35. The zero-order valence-electron chi connectivity index (χ0n) is 11.6. The minimum absolute atomic E-state index is 0.126. The SMILES string of the molecule is Cn1nccc1COc1ccc(NCC(O)CCl)cc1F. The van der Waals surface area contributed by atoms with Gasteiger partial charge in [0.15, 0.2) is 11.6 Å². The van der Waals surface area contributed by atoms with E-state index in [2.05, 4.69) is 10.4 Å². The van der Waals surface area contributed by atoms with E-state index in [-0.39, 0.29) is 24.8 Å². The molecular formula is C14H17ClFN3O2. The minimum Gasteiger partial charge on any atom is -0.484 e. The van der Waals surface area contributed by atoms with Gasteiger partial charge >= 0.3 is 0 Å². The number of aliphatic hydroxyl groups excluding tert-OH is 1. The van der Waals surface area contributed by atoms with Crippen LogP contribution in [0.5, 0.6) is 5.75 Å². The summed E-state index contributed by atoms with van der Waals surface area (Å²) in [4.78, 5) is 0.